The molecule has 1 saturated heterocycles. The van der Waals surface area contributed by atoms with Crippen molar-refractivity contribution in [3.8, 4) is 0 Å². The number of amides is 1. The average Bonchev–Trinajstić information content (AvgIpc) is 2.70. The lowest BCUT2D eigenvalue weighted by atomic mass is 10.1. The van der Waals surface area contributed by atoms with Gasteiger partial charge in [-0.3, -0.25) is 4.79 Å². The van der Waals surface area contributed by atoms with E-state index in [1.54, 1.807) is 0 Å². The van der Waals surface area contributed by atoms with Crippen molar-refractivity contribution in [2.45, 2.75) is 39.5 Å². The van der Waals surface area contributed by atoms with E-state index in [2.05, 4.69) is 65.4 Å². The Labute approximate surface area is 163 Å². The van der Waals surface area contributed by atoms with Crippen molar-refractivity contribution in [2.24, 2.45) is 0 Å². The molecular weight excluding hydrogens is 334 g/mol. The number of hydrogen-bond acceptors (Lipinski definition) is 3. The minimum atomic E-state index is 0.0619. The predicted molar refractivity (Wildman–Crippen MR) is 115 cm³/mol. The molecule has 2 aromatic rings. The maximum Gasteiger partial charge on any atom is 0.226 e. The summed E-state index contributed by atoms with van der Waals surface area (Å²) in [5.74, 6) is 0.0619. The van der Waals surface area contributed by atoms with Gasteiger partial charge in [-0.25, -0.2) is 0 Å². The summed E-state index contributed by atoms with van der Waals surface area (Å²) in [6, 6.07) is 16.7. The first kappa shape index (κ1) is 19.3. The van der Waals surface area contributed by atoms with E-state index < -0.39 is 0 Å². The third-order valence-electron chi connectivity index (χ3n) is 5.23. The van der Waals surface area contributed by atoms with Gasteiger partial charge in [0.05, 0.1) is 0 Å². The van der Waals surface area contributed by atoms with Gasteiger partial charge in [-0.15, -0.1) is 0 Å². The van der Waals surface area contributed by atoms with Gasteiger partial charge in [-0.2, -0.15) is 0 Å². The average molecular weight is 366 g/mol. The largest absolute Gasteiger partial charge is 0.372 e. The zero-order chi connectivity index (χ0) is 19.1. The Morgan fingerprint density at radius 1 is 1.07 bits per heavy atom. The Hall–Kier alpha value is -2.49. The highest BCUT2D eigenvalue weighted by Crippen LogP contribution is 2.22. The zero-order valence-corrected chi connectivity index (χ0v) is 16.6. The highest BCUT2D eigenvalue weighted by Gasteiger charge is 2.11. The van der Waals surface area contributed by atoms with Crippen molar-refractivity contribution in [3.63, 3.8) is 0 Å². The molecule has 0 aromatic heterocycles. The van der Waals surface area contributed by atoms with E-state index in [0.29, 0.717) is 6.42 Å². The summed E-state index contributed by atoms with van der Waals surface area (Å²) in [5.41, 5.74) is 4.55. The fraction of sp³-hybridized carbons (Fsp3) is 0.435. The molecule has 1 aliphatic rings. The summed E-state index contributed by atoms with van der Waals surface area (Å²) < 4.78 is 0. The molecule has 0 atom stereocenters. The van der Waals surface area contributed by atoms with Crippen molar-refractivity contribution in [1.29, 1.82) is 0 Å². The van der Waals surface area contributed by atoms with Crippen molar-refractivity contribution in [2.75, 3.05) is 41.3 Å². The SMILES string of the molecule is CCN(CCC(=O)Nc1ccc(N2CCCCC2)cc1)c1cccc(C)c1. The quantitative estimate of drug-likeness (QED) is 0.762. The molecule has 0 spiro atoms. The van der Waals surface area contributed by atoms with E-state index in [1.807, 2.05) is 12.1 Å². The monoisotopic (exact) mass is 365 g/mol. The van der Waals surface area contributed by atoms with Gasteiger partial charge in [0.2, 0.25) is 5.91 Å². The Bertz CT molecular complexity index is 736. The van der Waals surface area contributed by atoms with Crippen LogP contribution in [0.4, 0.5) is 17.1 Å². The van der Waals surface area contributed by atoms with Crippen LogP contribution < -0.4 is 15.1 Å². The van der Waals surface area contributed by atoms with Crippen LogP contribution in [0.2, 0.25) is 0 Å². The van der Waals surface area contributed by atoms with Gasteiger partial charge in [-0.1, -0.05) is 12.1 Å². The smallest absolute Gasteiger partial charge is 0.226 e. The number of piperidine rings is 1. The third kappa shape index (κ3) is 5.49. The standard InChI is InChI=1S/C23H31N3O/c1-3-25(22-9-7-8-19(2)18-22)17-14-23(27)24-20-10-12-21(13-11-20)26-15-5-4-6-16-26/h7-13,18H,3-6,14-17H2,1-2H3,(H,24,27). The molecule has 0 saturated carbocycles. The number of carbonyl (C=O) groups excluding carboxylic acids is 1. The summed E-state index contributed by atoms with van der Waals surface area (Å²) >= 11 is 0. The Morgan fingerprint density at radius 2 is 1.81 bits per heavy atom. The first-order chi connectivity index (χ1) is 13.2. The molecule has 2 aromatic carbocycles. The molecule has 144 valence electrons. The highest BCUT2D eigenvalue weighted by atomic mass is 16.1. The molecule has 0 radical (unpaired) electrons. The summed E-state index contributed by atoms with van der Waals surface area (Å²) in [6.07, 6.45) is 4.36. The summed E-state index contributed by atoms with van der Waals surface area (Å²) in [7, 11) is 0. The maximum absolute atomic E-state index is 12.4. The van der Waals surface area contributed by atoms with Gasteiger partial charge < -0.3 is 15.1 Å². The summed E-state index contributed by atoms with van der Waals surface area (Å²) in [6.45, 7) is 8.10. The molecule has 0 aliphatic carbocycles. The van der Waals surface area contributed by atoms with Crippen LogP contribution in [0.1, 0.15) is 38.2 Å². The van der Waals surface area contributed by atoms with Crippen LogP contribution in [0.3, 0.4) is 0 Å². The number of carbonyl (C=O) groups is 1. The van der Waals surface area contributed by atoms with Gasteiger partial charge in [-0.05, 0) is 75.1 Å². The van der Waals surface area contributed by atoms with Crippen molar-refractivity contribution < 1.29 is 4.79 Å². The van der Waals surface area contributed by atoms with Crippen LogP contribution in [0.5, 0.6) is 0 Å². The lowest BCUT2D eigenvalue weighted by molar-refractivity contribution is -0.116. The van der Waals surface area contributed by atoms with Gasteiger partial charge in [0.15, 0.2) is 0 Å². The second-order valence-corrected chi connectivity index (χ2v) is 7.31. The molecule has 1 heterocycles. The molecule has 1 amide bonds. The first-order valence-electron chi connectivity index (χ1n) is 10.1. The van der Waals surface area contributed by atoms with E-state index in [4.69, 9.17) is 0 Å². The second-order valence-electron chi connectivity index (χ2n) is 7.31. The fourth-order valence-corrected chi connectivity index (χ4v) is 3.66. The molecule has 1 fully saturated rings. The number of anilines is 3. The molecule has 4 nitrogen and oxygen atoms in total. The van der Waals surface area contributed by atoms with Crippen molar-refractivity contribution in [3.05, 3.63) is 54.1 Å². The molecule has 0 bridgehead atoms. The van der Waals surface area contributed by atoms with Gasteiger partial charge in [0.1, 0.15) is 0 Å². The Balaban J connectivity index is 1.51. The molecule has 27 heavy (non-hydrogen) atoms. The maximum atomic E-state index is 12.4. The van der Waals surface area contributed by atoms with Crippen molar-refractivity contribution in [1.82, 2.24) is 0 Å². The number of rotatable bonds is 7. The Kier molecular flexibility index (Phi) is 6.74. The van der Waals surface area contributed by atoms with Gasteiger partial charge in [0.25, 0.3) is 0 Å². The number of aryl methyl sites for hydroxylation is 1. The van der Waals surface area contributed by atoms with Gasteiger partial charge >= 0.3 is 0 Å². The van der Waals surface area contributed by atoms with Crippen LogP contribution in [0.15, 0.2) is 48.5 Å². The van der Waals surface area contributed by atoms with Crippen LogP contribution in [-0.4, -0.2) is 32.1 Å². The number of hydrogen-bond donors (Lipinski definition) is 1. The third-order valence-corrected chi connectivity index (χ3v) is 5.23. The van der Waals surface area contributed by atoms with Crippen molar-refractivity contribution >= 4 is 23.0 Å². The number of benzene rings is 2. The van der Waals surface area contributed by atoms with Crippen LogP contribution in [-0.2, 0) is 4.79 Å². The topological polar surface area (TPSA) is 35.6 Å². The molecular formula is C23H31N3O. The normalized spacial score (nSPS) is 14.1. The Morgan fingerprint density at radius 3 is 2.48 bits per heavy atom. The molecule has 3 rings (SSSR count). The number of nitrogens with zero attached hydrogens (tertiary/aromatic N) is 2. The number of nitrogens with one attached hydrogen (secondary N) is 1. The predicted octanol–water partition coefficient (Wildman–Crippen LogP) is 4.84. The fourth-order valence-electron chi connectivity index (χ4n) is 3.66. The van der Waals surface area contributed by atoms with E-state index in [0.717, 1.165) is 31.9 Å². The zero-order valence-electron chi connectivity index (χ0n) is 16.6. The molecule has 1 aliphatic heterocycles. The van der Waals surface area contributed by atoms with Gasteiger partial charge in [0, 0.05) is 49.7 Å². The van der Waals surface area contributed by atoms with E-state index in [-0.39, 0.29) is 5.91 Å². The molecule has 0 unspecified atom stereocenters. The minimum absolute atomic E-state index is 0.0619. The van der Waals surface area contributed by atoms with Crippen LogP contribution in [0, 0.1) is 6.92 Å². The molecule has 4 heteroatoms. The van der Waals surface area contributed by atoms with E-state index >= 15 is 0 Å². The lowest BCUT2D eigenvalue weighted by Gasteiger charge is -2.28. The van der Waals surface area contributed by atoms with Crippen LogP contribution >= 0.6 is 0 Å². The summed E-state index contributed by atoms with van der Waals surface area (Å²) in [5, 5.41) is 3.03. The van der Waals surface area contributed by atoms with Crippen LogP contribution in [0.25, 0.3) is 0 Å². The summed E-state index contributed by atoms with van der Waals surface area (Å²) in [4.78, 5) is 17.0. The molecule has 1 N–H and O–H groups in total. The van der Waals surface area contributed by atoms with E-state index in [9.17, 15) is 4.79 Å². The first-order valence-corrected chi connectivity index (χ1v) is 10.1. The lowest BCUT2D eigenvalue weighted by Crippen LogP contribution is -2.29. The van der Waals surface area contributed by atoms with E-state index in [1.165, 1.54) is 36.2 Å². The highest BCUT2D eigenvalue weighted by molar-refractivity contribution is 5.91. The minimum Gasteiger partial charge on any atom is -0.372 e. The second kappa shape index (κ2) is 9.45.